The molecule has 7 nitrogen and oxygen atoms in total. The highest BCUT2D eigenvalue weighted by Crippen LogP contribution is 2.19. The monoisotopic (exact) mass is 286 g/mol. The van der Waals surface area contributed by atoms with Crippen LogP contribution in [-0.4, -0.2) is 77.0 Å². The van der Waals surface area contributed by atoms with E-state index in [-0.39, 0.29) is 31.8 Å². The highest BCUT2D eigenvalue weighted by Gasteiger charge is 2.33. The molecule has 2 amide bonds. The number of urea groups is 1. The molecule has 20 heavy (non-hydrogen) atoms. The zero-order valence-electron chi connectivity index (χ0n) is 11.5. The van der Waals surface area contributed by atoms with Crippen molar-refractivity contribution in [1.82, 2.24) is 9.80 Å². The number of morpholine rings is 1. The maximum Gasteiger partial charge on any atom is 0.334 e. The third-order valence-electron chi connectivity index (χ3n) is 3.95. The maximum atomic E-state index is 12.5. The zero-order chi connectivity index (χ0) is 14.5. The summed E-state index contributed by atoms with van der Waals surface area (Å²) in [5, 5.41) is 18.4. The number of rotatable bonds is 2. The first kappa shape index (κ1) is 15.1. The Hall–Kier alpha value is -1.34. The molecule has 2 aliphatic heterocycles. The molecule has 0 aromatic rings. The van der Waals surface area contributed by atoms with Crippen molar-refractivity contribution in [3.05, 3.63) is 0 Å². The van der Waals surface area contributed by atoms with Crippen molar-refractivity contribution >= 4 is 12.0 Å². The molecule has 2 atom stereocenters. The van der Waals surface area contributed by atoms with E-state index in [0.717, 1.165) is 25.7 Å². The van der Waals surface area contributed by atoms with Crippen LogP contribution in [0.25, 0.3) is 0 Å². The number of carbonyl (C=O) groups is 2. The number of carboxylic acids is 1. The van der Waals surface area contributed by atoms with E-state index < -0.39 is 12.1 Å². The van der Waals surface area contributed by atoms with Crippen LogP contribution < -0.4 is 0 Å². The Morgan fingerprint density at radius 1 is 1.20 bits per heavy atom. The standard InChI is InChI=1S/C13H22N2O5/c16-9-10-4-2-1-3-5-15(10)13(19)14-6-7-20-11(8-14)12(17)18/h10-11,16H,1-9H2,(H,17,18). The largest absolute Gasteiger partial charge is 0.479 e. The van der Waals surface area contributed by atoms with Crippen molar-refractivity contribution in [2.45, 2.75) is 37.8 Å². The lowest BCUT2D eigenvalue weighted by molar-refractivity contribution is -0.154. The minimum Gasteiger partial charge on any atom is -0.479 e. The lowest BCUT2D eigenvalue weighted by Gasteiger charge is -2.37. The minimum absolute atomic E-state index is 0.0432. The van der Waals surface area contributed by atoms with Crippen LogP contribution in [0.4, 0.5) is 4.79 Å². The summed E-state index contributed by atoms with van der Waals surface area (Å²) in [4.78, 5) is 26.7. The van der Waals surface area contributed by atoms with Gasteiger partial charge in [0.15, 0.2) is 6.10 Å². The Morgan fingerprint density at radius 3 is 2.70 bits per heavy atom. The van der Waals surface area contributed by atoms with Gasteiger partial charge in [-0.25, -0.2) is 9.59 Å². The van der Waals surface area contributed by atoms with Gasteiger partial charge in [-0.3, -0.25) is 0 Å². The van der Waals surface area contributed by atoms with Crippen molar-refractivity contribution in [3.63, 3.8) is 0 Å². The van der Waals surface area contributed by atoms with E-state index in [4.69, 9.17) is 9.84 Å². The first-order valence-corrected chi connectivity index (χ1v) is 7.14. The Labute approximate surface area is 118 Å². The molecule has 2 N–H and O–H groups in total. The topological polar surface area (TPSA) is 90.3 Å². The van der Waals surface area contributed by atoms with E-state index in [1.807, 2.05) is 0 Å². The summed E-state index contributed by atoms with van der Waals surface area (Å²) in [6, 6.07) is -0.336. The van der Waals surface area contributed by atoms with Crippen molar-refractivity contribution in [3.8, 4) is 0 Å². The number of amides is 2. The summed E-state index contributed by atoms with van der Waals surface area (Å²) >= 11 is 0. The highest BCUT2D eigenvalue weighted by atomic mass is 16.5. The van der Waals surface area contributed by atoms with Crippen LogP contribution in [0, 0.1) is 0 Å². The zero-order valence-corrected chi connectivity index (χ0v) is 11.5. The number of carboxylic acid groups (broad SMARTS) is 1. The quantitative estimate of drug-likeness (QED) is 0.753. The summed E-state index contributed by atoms with van der Waals surface area (Å²) in [5.74, 6) is -1.04. The average Bonchev–Trinajstić information content (AvgIpc) is 2.71. The van der Waals surface area contributed by atoms with Gasteiger partial charge in [0.25, 0.3) is 0 Å². The second kappa shape index (κ2) is 6.90. The Balaban J connectivity index is 2.02. The lowest BCUT2D eigenvalue weighted by atomic mass is 10.1. The minimum atomic E-state index is -1.04. The molecule has 0 saturated carbocycles. The van der Waals surface area contributed by atoms with Crippen molar-refractivity contribution in [2.24, 2.45) is 0 Å². The third-order valence-corrected chi connectivity index (χ3v) is 3.95. The number of hydrogen-bond donors (Lipinski definition) is 2. The van der Waals surface area contributed by atoms with Gasteiger partial charge in [-0.2, -0.15) is 0 Å². The number of likely N-dealkylation sites (tertiary alicyclic amines) is 1. The summed E-state index contributed by atoms with van der Waals surface area (Å²) in [7, 11) is 0. The third kappa shape index (κ3) is 3.40. The van der Waals surface area contributed by atoms with Gasteiger partial charge in [0.1, 0.15) is 0 Å². The molecule has 0 radical (unpaired) electrons. The van der Waals surface area contributed by atoms with Gasteiger partial charge >= 0.3 is 12.0 Å². The fourth-order valence-electron chi connectivity index (χ4n) is 2.77. The molecular formula is C13H22N2O5. The van der Waals surface area contributed by atoms with Gasteiger partial charge in [0, 0.05) is 13.1 Å². The van der Waals surface area contributed by atoms with Gasteiger partial charge in [-0.1, -0.05) is 12.8 Å². The van der Waals surface area contributed by atoms with E-state index in [1.165, 1.54) is 4.90 Å². The summed E-state index contributed by atoms with van der Waals surface area (Å²) in [5.41, 5.74) is 0. The van der Waals surface area contributed by atoms with E-state index in [1.54, 1.807) is 4.90 Å². The van der Waals surface area contributed by atoms with Crippen LogP contribution in [0.3, 0.4) is 0 Å². The molecule has 2 fully saturated rings. The molecule has 2 rings (SSSR count). The van der Waals surface area contributed by atoms with Gasteiger partial charge < -0.3 is 24.7 Å². The van der Waals surface area contributed by atoms with Gasteiger partial charge in [-0.15, -0.1) is 0 Å². The molecule has 0 aromatic heterocycles. The van der Waals surface area contributed by atoms with Crippen LogP contribution in [0.15, 0.2) is 0 Å². The highest BCUT2D eigenvalue weighted by molar-refractivity contribution is 5.77. The predicted molar refractivity (Wildman–Crippen MR) is 70.4 cm³/mol. The molecule has 2 aliphatic rings. The van der Waals surface area contributed by atoms with Crippen molar-refractivity contribution < 1.29 is 24.5 Å². The van der Waals surface area contributed by atoms with Gasteiger partial charge in [0.05, 0.1) is 25.8 Å². The summed E-state index contributed by atoms with van der Waals surface area (Å²) in [6.07, 6.45) is 2.84. The Morgan fingerprint density at radius 2 is 2.00 bits per heavy atom. The van der Waals surface area contributed by atoms with Gasteiger partial charge in [-0.05, 0) is 12.8 Å². The Bertz CT molecular complexity index is 363. The molecule has 0 bridgehead atoms. The molecule has 0 spiro atoms. The van der Waals surface area contributed by atoms with Crippen LogP contribution in [0.5, 0.6) is 0 Å². The first-order chi connectivity index (χ1) is 9.63. The summed E-state index contributed by atoms with van der Waals surface area (Å²) < 4.78 is 5.12. The van der Waals surface area contributed by atoms with Crippen LogP contribution >= 0.6 is 0 Å². The molecule has 114 valence electrons. The van der Waals surface area contributed by atoms with Crippen LogP contribution in [-0.2, 0) is 9.53 Å². The number of aliphatic hydroxyl groups is 1. The van der Waals surface area contributed by atoms with E-state index in [9.17, 15) is 14.7 Å². The number of nitrogens with zero attached hydrogens (tertiary/aromatic N) is 2. The number of aliphatic carboxylic acids is 1. The molecule has 0 aliphatic carbocycles. The van der Waals surface area contributed by atoms with Crippen LogP contribution in [0.1, 0.15) is 25.7 Å². The fraction of sp³-hybridized carbons (Fsp3) is 0.846. The number of aliphatic hydroxyl groups excluding tert-OH is 1. The maximum absolute atomic E-state index is 12.5. The summed E-state index contributed by atoms with van der Waals surface area (Å²) in [6.45, 7) is 1.29. The van der Waals surface area contributed by atoms with Gasteiger partial charge in [0.2, 0.25) is 0 Å². The van der Waals surface area contributed by atoms with E-state index in [2.05, 4.69) is 0 Å². The normalized spacial score (nSPS) is 28.1. The fourth-order valence-corrected chi connectivity index (χ4v) is 2.77. The van der Waals surface area contributed by atoms with E-state index in [0.29, 0.717) is 13.1 Å². The SMILES string of the molecule is O=C(O)C1CN(C(=O)N2CCCCCC2CO)CCO1. The predicted octanol–water partition coefficient (Wildman–Crippen LogP) is 0.129. The Kier molecular flexibility index (Phi) is 5.19. The van der Waals surface area contributed by atoms with Crippen molar-refractivity contribution in [2.75, 3.05) is 32.8 Å². The number of carbonyl (C=O) groups excluding carboxylic acids is 1. The first-order valence-electron chi connectivity index (χ1n) is 7.14. The molecular weight excluding hydrogens is 264 g/mol. The lowest BCUT2D eigenvalue weighted by Crippen LogP contribution is -2.55. The second-order valence-corrected chi connectivity index (χ2v) is 5.31. The van der Waals surface area contributed by atoms with Crippen LogP contribution in [0.2, 0.25) is 0 Å². The smallest absolute Gasteiger partial charge is 0.334 e. The van der Waals surface area contributed by atoms with Crippen molar-refractivity contribution in [1.29, 1.82) is 0 Å². The molecule has 2 saturated heterocycles. The average molecular weight is 286 g/mol. The molecule has 2 heterocycles. The molecule has 2 unspecified atom stereocenters. The second-order valence-electron chi connectivity index (χ2n) is 5.31. The number of hydrogen-bond acceptors (Lipinski definition) is 4. The molecule has 7 heteroatoms. The molecule has 0 aromatic carbocycles. The number of ether oxygens (including phenoxy) is 1. The van der Waals surface area contributed by atoms with E-state index >= 15 is 0 Å².